The van der Waals surface area contributed by atoms with Crippen LogP contribution in [-0.4, -0.2) is 17.9 Å². The molecule has 1 aromatic rings. The van der Waals surface area contributed by atoms with E-state index < -0.39 is 0 Å². The van der Waals surface area contributed by atoms with Crippen molar-refractivity contribution in [3.63, 3.8) is 0 Å². The molecular weight excluding hydrogens is 234 g/mol. The summed E-state index contributed by atoms with van der Waals surface area (Å²) in [6.07, 6.45) is 11.5. The van der Waals surface area contributed by atoms with Crippen LogP contribution in [-0.2, 0) is 0 Å². The zero-order valence-electron chi connectivity index (χ0n) is 11.0. The summed E-state index contributed by atoms with van der Waals surface area (Å²) < 4.78 is 0. The summed E-state index contributed by atoms with van der Waals surface area (Å²) >= 11 is 0. The monoisotopic (exact) mass is 251 g/mol. The molecule has 0 radical (unpaired) electrons. The number of hydrazone groups is 1. The average molecular weight is 251 g/mol. The first-order valence-electron chi connectivity index (χ1n) is 6.50. The topological polar surface area (TPSA) is 27.6 Å². The molecule has 0 amide bonds. The zero-order valence-corrected chi connectivity index (χ0v) is 11.0. The van der Waals surface area contributed by atoms with Gasteiger partial charge >= 0.3 is 0 Å². The molecular formula is C16H17N3. The van der Waals surface area contributed by atoms with E-state index in [0.29, 0.717) is 0 Å². The number of rotatable bonds is 2. The molecule has 3 rings (SSSR count). The van der Waals surface area contributed by atoms with Gasteiger partial charge in [0.2, 0.25) is 0 Å². The Kier molecular flexibility index (Phi) is 3.19. The van der Waals surface area contributed by atoms with Crippen LogP contribution in [0.15, 0.2) is 71.4 Å². The highest BCUT2D eigenvalue weighted by Crippen LogP contribution is 2.23. The van der Waals surface area contributed by atoms with Crippen molar-refractivity contribution >= 4 is 5.84 Å². The SMILES string of the molecule is CN1N=C(C2=CC=CC=CC2)NC1c1ccccc1. The lowest BCUT2D eigenvalue weighted by molar-refractivity contribution is 0.271. The standard InChI is InChI=1S/C16H17N3/c1-19-16(14-11-7-4-8-12-14)17-15(18-19)13-9-5-2-3-6-10-13/h2-9,11-12,16H,10H2,1H3,(H,17,18). The summed E-state index contributed by atoms with van der Waals surface area (Å²) in [7, 11) is 2.00. The predicted octanol–water partition coefficient (Wildman–Crippen LogP) is 2.98. The molecule has 1 aromatic carbocycles. The van der Waals surface area contributed by atoms with Crippen molar-refractivity contribution in [1.29, 1.82) is 0 Å². The molecule has 3 nitrogen and oxygen atoms in total. The number of nitrogens with one attached hydrogen (secondary N) is 1. The van der Waals surface area contributed by atoms with Crippen molar-refractivity contribution < 1.29 is 0 Å². The minimum Gasteiger partial charge on any atom is -0.343 e. The molecule has 0 saturated carbocycles. The number of benzene rings is 1. The summed E-state index contributed by atoms with van der Waals surface area (Å²) in [5.74, 6) is 0.965. The van der Waals surface area contributed by atoms with Gasteiger partial charge in [-0.3, -0.25) is 5.01 Å². The van der Waals surface area contributed by atoms with Gasteiger partial charge in [0.1, 0.15) is 6.17 Å². The minimum absolute atomic E-state index is 0.119. The fourth-order valence-corrected chi connectivity index (χ4v) is 2.31. The quantitative estimate of drug-likeness (QED) is 0.875. The zero-order chi connectivity index (χ0) is 13.1. The summed E-state index contributed by atoms with van der Waals surface area (Å²) in [5, 5.41) is 10.1. The Labute approximate surface area is 113 Å². The molecule has 1 heterocycles. The number of amidine groups is 1. The maximum Gasteiger partial charge on any atom is 0.151 e. The number of allylic oxidation sites excluding steroid dienone is 5. The van der Waals surface area contributed by atoms with Gasteiger partial charge in [-0.2, -0.15) is 5.10 Å². The Balaban J connectivity index is 1.81. The Hall–Kier alpha value is -2.29. The summed E-state index contributed by atoms with van der Waals surface area (Å²) in [4.78, 5) is 0. The number of hydrogen-bond donors (Lipinski definition) is 1. The van der Waals surface area contributed by atoms with Crippen LogP contribution < -0.4 is 5.32 Å². The van der Waals surface area contributed by atoms with Crippen LogP contribution >= 0.6 is 0 Å². The second-order valence-corrected chi connectivity index (χ2v) is 4.69. The van der Waals surface area contributed by atoms with Crippen LogP contribution in [0.25, 0.3) is 0 Å². The molecule has 0 aromatic heterocycles. The van der Waals surface area contributed by atoms with Gasteiger partial charge in [-0.1, -0.05) is 60.7 Å². The first-order chi connectivity index (χ1) is 9.34. The lowest BCUT2D eigenvalue weighted by Crippen LogP contribution is -2.28. The lowest BCUT2D eigenvalue weighted by Gasteiger charge is -2.19. The minimum atomic E-state index is 0.119. The molecule has 19 heavy (non-hydrogen) atoms. The molecule has 1 atom stereocenters. The molecule has 1 aliphatic heterocycles. The highest BCUT2D eigenvalue weighted by molar-refractivity contribution is 5.99. The molecule has 0 bridgehead atoms. The first-order valence-corrected chi connectivity index (χ1v) is 6.50. The van der Waals surface area contributed by atoms with Gasteiger partial charge in [0.05, 0.1) is 0 Å². The fourth-order valence-electron chi connectivity index (χ4n) is 2.31. The van der Waals surface area contributed by atoms with E-state index >= 15 is 0 Å². The number of hydrogen-bond acceptors (Lipinski definition) is 3. The molecule has 2 aliphatic rings. The summed E-state index contributed by atoms with van der Waals surface area (Å²) in [6.45, 7) is 0. The smallest absolute Gasteiger partial charge is 0.151 e. The van der Waals surface area contributed by atoms with Gasteiger partial charge in [0.15, 0.2) is 5.84 Å². The Morgan fingerprint density at radius 3 is 2.84 bits per heavy atom. The van der Waals surface area contributed by atoms with Gasteiger partial charge in [-0.25, -0.2) is 0 Å². The van der Waals surface area contributed by atoms with Crippen molar-refractivity contribution in [2.75, 3.05) is 7.05 Å². The maximum absolute atomic E-state index is 4.61. The van der Waals surface area contributed by atoms with E-state index in [-0.39, 0.29) is 6.17 Å². The number of nitrogens with zero attached hydrogens (tertiary/aromatic N) is 2. The molecule has 1 aliphatic carbocycles. The van der Waals surface area contributed by atoms with E-state index in [4.69, 9.17) is 0 Å². The third-order valence-electron chi connectivity index (χ3n) is 3.32. The summed E-state index contributed by atoms with van der Waals surface area (Å²) in [6, 6.07) is 10.4. The predicted molar refractivity (Wildman–Crippen MR) is 78.5 cm³/mol. The summed E-state index contributed by atoms with van der Waals surface area (Å²) in [5.41, 5.74) is 2.44. The van der Waals surface area contributed by atoms with Crippen LogP contribution in [0, 0.1) is 0 Å². The van der Waals surface area contributed by atoms with Crippen LogP contribution in [0.4, 0.5) is 0 Å². The van der Waals surface area contributed by atoms with Gasteiger partial charge in [-0.15, -0.1) is 0 Å². The van der Waals surface area contributed by atoms with Crippen LogP contribution in [0.1, 0.15) is 18.2 Å². The molecule has 1 N–H and O–H groups in total. The lowest BCUT2D eigenvalue weighted by atomic mass is 10.1. The molecule has 3 heteroatoms. The molecule has 0 saturated heterocycles. The van der Waals surface area contributed by atoms with Gasteiger partial charge < -0.3 is 5.32 Å². The fraction of sp³-hybridized carbons (Fsp3) is 0.188. The molecule has 0 spiro atoms. The van der Waals surface area contributed by atoms with Crippen molar-refractivity contribution in [1.82, 2.24) is 10.3 Å². The maximum atomic E-state index is 4.61. The van der Waals surface area contributed by atoms with E-state index in [0.717, 1.165) is 12.3 Å². The van der Waals surface area contributed by atoms with E-state index in [1.165, 1.54) is 11.1 Å². The van der Waals surface area contributed by atoms with Gasteiger partial charge in [-0.05, 0) is 12.0 Å². The Morgan fingerprint density at radius 2 is 2.00 bits per heavy atom. The van der Waals surface area contributed by atoms with Crippen LogP contribution in [0.2, 0.25) is 0 Å². The van der Waals surface area contributed by atoms with Gasteiger partial charge in [0, 0.05) is 12.6 Å². The molecule has 1 unspecified atom stereocenters. The molecule has 96 valence electrons. The first kappa shape index (κ1) is 11.8. The van der Waals surface area contributed by atoms with Crippen molar-refractivity contribution in [3.8, 4) is 0 Å². The van der Waals surface area contributed by atoms with Crippen molar-refractivity contribution in [2.45, 2.75) is 12.6 Å². The second-order valence-electron chi connectivity index (χ2n) is 4.69. The van der Waals surface area contributed by atoms with E-state index in [2.05, 4.69) is 59.0 Å². The van der Waals surface area contributed by atoms with Gasteiger partial charge in [0.25, 0.3) is 0 Å². The molecule has 0 fully saturated rings. The third-order valence-corrected chi connectivity index (χ3v) is 3.32. The highest BCUT2D eigenvalue weighted by Gasteiger charge is 2.25. The second kappa shape index (κ2) is 5.14. The Bertz CT molecular complexity index is 567. The van der Waals surface area contributed by atoms with E-state index in [1.807, 2.05) is 24.2 Å². The Morgan fingerprint density at radius 1 is 1.16 bits per heavy atom. The van der Waals surface area contributed by atoms with Crippen LogP contribution in [0.5, 0.6) is 0 Å². The van der Waals surface area contributed by atoms with E-state index in [9.17, 15) is 0 Å². The average Bonchev–Trinajstić information content (AvgIpc) is 2.67. The third kappa shape index (κ3) is 2.45. The normalized spacial score (nSPS) is 21.7. The van der Waals surface area contributed by atoms with E-state index in [1.54, 1.807) is 0 Å². The highest BCUT2D eigenvalue weighted by atomic mass is 15.6. The van der Waals surface area contributed by atoms with Crippen molar-refractivity contribution in [2.24, 2.45) is 5.10 Å². The van der Waals surface area contributed by atoms with Crippen molar-refractivity contribution in [3.05, 3.63) is 71.8 Å². The largest absolute Gasteiger partial charge is 0.343 e. The van der Waals surface area contributed by atoms with Crippen LogP contribution in [0.3, 0.4) is 0 Å².